The van der Waals surface area contributed by atoms with Crippen molar-refractivity contribution < 1.29 is 9.53 Å². The number of nitrogens with one attached hydrogen (secondary N) is 1. The quantitative estimate of drug-likeness (QED) is 0.907. The Hall–Kier alpha value is -1.81. The highest BCUT2D eigenvalue weighted by atomic mass is 16.5. The lowest BCUT2D eigenvalue weighted by Crippen LogP contribution is -2.32. The largest absolute Gasteiger partial charge is 0.376 e. The van der Waals surface area contributed by atoms with E-state index in [0.717, 1.165) is 19.4 Å². The van der Waals surface area contributed by atoms with Crippen LogP contribution in [0.2, 0.25) is 0 Å². The summed E-state index contributed by atoms with van der Waals surface area (Å²) in [5, 5.41) is 4.17. The molecule has 1 N–H and O–H groups in total. The molecule has 1 aromatic carbocycles. The molecule has 1 saturated heterocycles. The molecule has 0 bridgehead atoms. The highest BCUT2D eigenvalue weighted by molar-refractivity contribution is 5.80. The second kappa shape index (κ2) is 6.09. The van der Waals surface area contributed by atoms with Crippen molar-refractivity contribution in [2.45, 2.75) is 31.9 Å². The number of para-hydroxylation sites is 1. The Kier molecular flexibility index (Phi) is 4.02. The molecule has 20 heavy (non-hydrogen) atoms. The fourth-order valence-electron chi connectivity index (χ4n) is 2.68. The summed E-state index contributed by atoms with van der Waals surface area (Å²) in [5.41, 5.74) is 1.18. The molecule has 1 aromatic heterocycles. The third-order valence-electron chi connectivity index (χ3n) is 3.81. The molecule has 4 heteroatoms. The first kappa shape index (κ1) is 13.2. The second-order valence-corrected chi connectivity index (χ2v) is 5.26. The monoisotopic (exact) mass is 272 g/mol. The predicted molar refractivity (Wildman–Crippen MR) is 78.5 cm³/mol. The van der Waals surface area contributed by atoms with Gasteiger partial charge in [0, 0.05) is 37.8 Å². The van der Waals surface area contributed by atoms with Gasteiger partial charge in [-0.15, -0.1) is 0 Å². The van der Waals surface area contributed by atoms with Crippen LogP contribution in [0.1, 0.15) is 19.3 Å². The molecule has 3 rings (SSSR count). The van der Waals surface area contributed by atoms with E-state index in [1.165, 1.54) is 10.9 Å². The number of ether oxygens (including phenoxy) is 1. The van der Waals surface area contributed by atoms with Crippen LogP contribution in [0.15, 0.2) is 36.5 Å². The summed E-state index contributed by atoms with van der Waals surface area (Å²) < 4.78 is 7.62. The summed E-state index contributed by atoms with van der Waals surface area (Å²) in [6.45, 7) is 2.19. The lowest BCUT2D eigenvalue weighted by Gasteiger charge is -2.11. The molecule has 1 aliphatic rings. The molecule has 2 heterocycles. The molecule has 0 aliphatic carbocycles. The van der Waals surface area contributed by atoms with E-state index < -0.39 is 0 Å². The summed E-state index contributed by atoms with van der Waals surface area (Å²) in [4.78, 5) is 11.9. The number of hydrogen-bond donors (Lipinski definition) is 1. The van der Waals surface area contributed by atoms with Crippen molar-refractivity contribution in [3.8, 4) is 0 Å². The van der Waals surface area contributed by atoms with Gasteiger partial charge >= 0.3 is 0 Å². The van der Waals surface area contributed by atoms with Gasteiger partial charge in [0.25, 0.3) is 0 Å². The first-order chi connectivity index (χ1) is 9.83. The number of carbonyl (C=O) groups excluding carboxylic acids is 1. The summed E-state index contributed by atoms with van der Waals surface area (Å²) in [6, 6.07) is 10.3. The Morgan fingerprint density at radius 2 is 2.25 bits per heavy atom. The maximum absolute atomic E-state index is 11.9. The van der Waals surface area contributed by atoms with Crippen LogP contribution in [-0.2, 0) is 16.1 Å². The predicted octanol–water partition coefficient (Wildman–Crippen LogP) is 2.33. The fraction of sp³-hybridized carbons (Fsp3) is 0.438. The Bertz CT molecular complexity index is 585. The summed E-state index contributed by atoms with van der Waals surface area (Å²) in [6.07, 6.45) is 4.92. The van der Waals surface area contributed by atoms with Crippen molar-refractivity contribution in [3.63, 3.8) is 0 Å². The fourth-order valence-corrected chi connectivity index (χ4v) is 2.68. The first-order valence-corrected chi connectivity index (χ1v) is 7.25. The van der Waals surface area contributed by atoms with Crippen LogP contribution < -0.4 is 5.32 Å². The van der Waals surface area contributed by atoms with Crippen molar-refractivity contribution in [1.29, 1.82) is 0 Å². The molecule has 1 amide bonds. The van der Waals surface area contributed by atoms with Gasteiger partial charge in [0.15, 0.2) is 0 Å². The molecule has 1 fully saturated rings. The number of fused-ring (bicyclic) bond motifs is 1. The number of rotatable bonds is 5. The Morgan fingerprint density at radius 3 is 3.10 bits per heavy atom. The number of aromatic nitrogens is 1. The van der Waals surface area contributed by atoms with Crippen molar-refractivity contribution in [3.05, 3.63) is 36.5 Å². The smallest absolute Gasteiger partial charge is 0.221 e. The van der Waals surface area contributed by atoms with Crippen LogP contribution in [-0.4, -0.2) is 29.7 Å². The molecule has 0 radical (unpaired) electrons. The molecule has 1 unspecified atom stereocenters. The Balaban J connectivity index is 1.49. The number of nitrogens with zero attached hydrogens (tertiary/aromatic N) is 1. The standard InChI is InChI=1S/C16H20N2O2/c19-16(17-12-14-5-3-11-20-14)8-10-18-9-7-13-4-1-2-6-15(13)18/h1-2,4,6-7,9,14H,3,5,8,10-12H2,(H,17,19). The van der Waals surface area contributed by atoms with E-state index in [9.17, 15) is 4.79 Å². The van der Waals surface area contributed by atoms with Gasteiger partial charge < -0.3 is 14.6 Å². The zero-order valence-electron chi connectivity index (χ0n) is 11.5. The molecule has 0 saturated carbocycles. The van der Waals surface area contributed by atoms with Gasteiger partial charge in [-0.1, -0.05) is 18.2 Å². The van der Waals surface area contributed by atoms with Crippen molar-refractivity contribution >= 4 is 16.8 Å². The highest BCUT2D eigenvalue weighted by Crippen LogP contribution is 2.15. The number of carbonyl (C=O) groups is 1. The topological polar surface area (TPSA) is 43.3 Å². The minimum Gasteiger partial charge on any atom is -0.376 e. The zero-order chi connectivity index (χ0) is 13.8. The van der Waals surface area contributed by atoms with Crippen LogP contribution in [0.4, 0.5) is 0 Å². The van der Waals surface area contributed by atoms with Gasteiger partial charge in [-0.25, -0.2) is 0 Å². The average molecular weight is 272 g/mol. The third-order valence-corrected chi connectivity index (χ3v) is 3.81. The van der Waals surface area contributed by atoms with Gasteiger partial charge in [-0.05, 0) is 30.4 Å². The van der Waals surface area contributed by atoms with Crippen LogP contribution in [0.5, 0.6) is 0 Å². The maximum Gasteiger partial charge on any atom is 0.221 e. The molecule has 1 aliphatic heterocycles. The minimum atomic E-state index is 0.0956. The van der Waals surface area contributed by atoms with Crippen LogP contribution in [0, 0.1) is 0 Å². The summed E-state index contributed by atoms with van der Waals surface area (Å²) in [5.74, 6) is 0.0956. The van der Waals surface area contributed by atoms with Crippen molar-refractivity contribution in [2.75, 3.05) is 13.2 Å². The average Bonchev–Trinajstić information content (AvgIpc) is 3.12. The van der Waals surface area contributed by atoms with Gasteiger partial charge in [-0.2, -0.15) is 0 Å². The molecule has 1 atom stereocenters. The van der Waals surface area contributed by atoms with Gasteiger partial charge in [0.05, 0.1) is 6.10 Å². The molecule has 106 valence electrons. The number of aryl methyl sites for hydroxylation is 1. The summed E-state index contributed by atoms with van der Waals surface area (Å²) in [7, 11) is 0. The zero-order valence-corrected chi connectivity index (χ0v) is 11.5. The van der Waals surface area contributed by atoms with E-state index in [-0.39, 0.29) is 12.0 Å². The lowest BCUT2D eigenvalue weighted by atomic mass is 10.2. The number of benzene rings is 1. The SMILES string of the molecule is O=C(CCn1ccc2ccccc21)NCC1CCCO1. The summed E-state index contributed by atoms with van der Waals surface area (Å²) >= 11 is 0. The van der Waals surface area contributed by atoms with Gasteiger partial charge in [0.2, 0.25) is 5.91 Å². The van der Waals surface area contributed by atoms with Crippen LogP contribution in [0.25, 0.3) is 10.9 Å². The van der Waals surface area contributed by atoms with Crippen molar-refractivity contribution in [1.82, 2.24) is 9.88 Å². The lowest BCUT2D eigenvalue weighted by molar-refractivity contribution is -0.121. The van der Waals surface area contributed by atoms with E-state index in [1.807, 2.05) is 18.3 Å². The van der Waals surface area contributed by atoms with E-state index in [4.69, 9.17) is 4.74 Å². The minimum absolute atomic E-state index is 0.0956. The third kappa shape index (κ3) is 3.02. The second-order valence-electron chi connectivity index (χ2n) is 5.26. The van der Waals surface area contributed by atoms with E-state index in [2.05, 4.69) is 28.1 Å². The van der Waals surface area contributed by atoms with Gasteiger partial charge in [0.1, 0.15) is 0 Å². The van der Waals surface area contributed by atoms with E-state index >= 15 is 0 Å². The molecular weight excluding hydrogens is 252 g/mol. The number of amides is 1. The molecule has 2 aromatic rings. The van der Waals surface area contributed by atoms with E-state index in [0.29, 0.717) is 19.5 Å². The normalized spacial score (nSPS) is 18.5. The van der Waals surface area contributed by atoms with Gasteiger partial charge in [-0.3, -0.25) is 4.79 Å². The molecule has 4 nitrogen and oxygen atoms in total. The Labute approximate surface area is 118 Å². The maximum atomic E-state index is 11.9. The van der Waals surface area contributed by atoms with E-state index in [1.54, 1.807) is 0 Å². The van der Waals surface area contributed by atoms with Crippen LogP contribution in [0.3, 0.4) is 0 Å². The highest BCUT2D eigenvalue weighted by Gasteiger charge is 2.16. The number of hydrogen-bond acceptors (Lipinski definition) is 2. The first-order valence-electron chi connectivity index (χ1n) is 7.25. The van der Waals surface area contributed by atoms with Crippen LogP contribution >= 0.6 is 0 Å². The molecular formula is C16H20N2O2. The van der Waals surface area contributed by atoms with Crippen molar-refractivity contribution in [2.24, 2.45) is 0 Å². The molecule has 0 spiro atoms. The Morgan fingerprint density at radius 1 is 1.35 bits per heavy atom.